The molecule has 0 radical (unpaired) electrons. The van der Waals surface area contributed by atoms with Crippen LogP contribution >= 0.6 is 0 Å². The quantitative estimate of drug-likeness (QED) is 0.687. The Hall–Kier alpha value is -2.56. The van der Waals surface area contributed by atoms with Gasteiger partial charge in [0.25, 0.3) is 5.91 Å². The molecule has 0 aliphatic carbocycles. The summed E-state index contributed by atoms with van der Waals surface area (Å²) in [6, 6.07) is 10.6. The maximum Gasteiger partial charge on any atom is 0.275 e. The van der Waals surface area contributed by atoms with E-state index in [1.54, 1.807) is 31.2 Å². The smallest absolute Gasteiger partial charge is 0.275 e. The Labute approximate surface area is 117 Å². The van der Waals surface area contributed by atoms with Gasteiger partial charge in [-0.3, -0.25) is 4.79 Å². The number of nitrogens with zero attached hydrogens (tertiary/aromatic N) is 1. The van der Waals surface area contributed by atoms with Crippen LogP contribution in [-0.4, -0.2) is 18.7 Å². The third-order valence-electron chi connectivity index (χ3n) is 2.77. The minimum Gasteiger partial charge on any atom is -0.496 e. The first-order valence-corrected chi connectivity index (χ1v) is 6.16. The van der Waals surface area contributed by atoms with Crippen molar-refractivity contribution in [1.82, 2.24) is 5.43 Å². The van der Waals surface area contributed by atoms with E-state index in [9.17, 15) is 4.79 Å². The molecular formula is C15H16N2O3. The summed E-state index contributed by atoms with van der Waals surface area (Å²) in [7, 11) is 1.52. The van der Waals surface area contributed by atoms with Crippen LogP contribution in [0.3, 0.4) is 0 Å². The number of hydrogen-bond acceptors (Lipinski definition) is 4. The second kappa shape index (κ2) is 6.06. The molecule has 20 heavy (non-hydrogen) atoms. The average molecular weight is 272 g/mol. The molecule has 0 unspecified atom stereocenters. The average Bonchev–Trinajstić information content (AvgIpc) is 2.91. The summed E-state index contributed by atoms with van der Waals surface area (Å²) in [5.74, 6) is 1.60. The highest BCUT2D eigenvalue weighted by Gasteiger charge is 2.11. The Morgan fingerprint density at radius 1 is 1.25 bits per heavy atom. The summed E-state index contributed by atoms with van der Waals surface area (Å²) in [5.41, 5.74) is 3.52. The van der Waals surface area contributed by atoms with Gasteiger partial charge < -0.3 is 9.15 Å². The summed E-state index contributed by atoms with van der Waals surface area (Å²) in [4.78, 5) is 12.0. The van der Waals surface area contributed by atoms with E-state index in [0.717, 1.165) is 5.76 Å². The first-order valence-electron chi connectivity index (χ1n) is 6.16. The van der Waals surface area contributed by atoms with Crippen molar-refractivity contribution >= 4 is 11.6 Å². The lowest BCUT2D eigenvalue weighted by Crippen LogP contribution is -2.19. The summed E-state index contributed by atoms with van der Waals surface area (Å²) < 4.78 is 10.6. The number of methoxy groups -OCH3 is 1. The number of furan rings is 1. The predicted molar refractivity (Wildman–Crippen MR) is 76.1 cm³/mol. The van der Waals surface area contributed by atoms with Gasteiger partial charge in [0, 0.05) is 0 Å². The van der Waals surface area contributed by atoms with E-state index in [0.29, 0.717) is 22.8 Å². The van der Waals surface area contributed by atoms with Gasteiger partial charge in [0.2, 0.25) is 0 Å². The maximum atomic E-state index is 12.0. The molecule has 0 saturated heterocycles. The predicted octanol–water partition coefficient (Wildman–Crippen LogP) is 2.75. The van der Waals surface area contributed by atoms with Crippen molar-refractivity contribution in [3.05, 3.63) is 53.5 Å². The zero-order valence-electron chi connectivity index (χ0n) is 11.6. The first-order chi connectivity index (χ1) is 9.61. The van der Waals surface area contributed by atoms with Gasteiger partial charge in [0.05, 0.1) is 12.7 Å². The fourth-order valence-corrected chi connectivity index (χ4v) is 1.71. The van der Waals surface area contributed by atoms with Crippen LogP contribution < -0.4 is 10.2 Å². The number of rotatable bonds is 4. The number of hydrazone groups is 1. The van der Waals surface area contributed by atoms with Crippen LogP contribution in [0.2, 0.25) is 0 Å². The van der Waals surface area contributed by atoms with E-state index in [4.69, 9.17) is 9.15 Å². The number of carbonyl (C=O) groups excluding carboxylic acids is 1. The van der Waals surface area contributed by atoms with Crippen LogP contribution in [0.5, 0.6) is 5.75 Å². The molecule has 1 aromatic carbocycles. The van der Waals surface area contributed by atoms with Crippen molar-refractivity contribution in [3.63, 3.8) is 0 Å². The van der Waals surface area contributed by atoms with Crippen LogP contribution in [-0.2, 0) is 0 Å². The zero-order chi connectivity index (χ0) is 14.5. The van der Waals surface area contributed by atoms with Gasteiger partial charge in [-0.15, -0.1) is 0 Å². The molecule has 1 heterocycles. The van der Waals surface area contributed by atoms with Gasteiger partial charge in [-0.25, -0.2) is 5.43 Å². The van der Waals surface area contributed by atoms with E-state index in [-0.39, 0.29) is 5.91 Å². The molecule has 5 nitrogen and oxygen atoms in total. The second-order valence-electron chi connectivity index (χ2n) is 4.25. The van der Waals surface area contributed by atoms with Crippen molar-refractivity contribution in [2.45, 2.75) is 13.8 Å². The lowest BCUT2D eigenvalue weighted by molar-refractivity contribution is 0.0952. The van der Waals surface area contributed by atoms with Crippen molar-refractivity contribution in [2.75, 3.05) is 7.11 Å². The minimum absolute atomic E-state index is 0.329. The van der Waals surface area contributed by atoms with Crippen LogP contribution in [0.4, 0.5) is 0 Å². The highest BCUT2D eigenvalue weighted by atomic mass is 16.5. The highest BCUT2D eigenvalue weighted by molar-refractivity contribution is 6.00. The Balaban J connectivity index is 2.12. The molecule has 1 aromatic heterocycles. The number of benzene rings is 1. The van der Waals surface area contributed by atoms with Gasteiger partial charge in [-0.05, 0) is 38.1 Å². The van der Waals surface area contributed by atoms with E-state index < -0.39 is 0 Å². The first kappa shape index (κ1) is 13.9. The lowest BCUT2D eigenvalue weighted by Gasteiger charge is -2.06. The summed E-state index contributed by atoms with van der Waals surface area (Å²) in [6.45, 7) is 3.62. The Kier molecular flexibility index (Phi) is 4.20. The van der Waals surface area contributed by atoms with Crippen LogP contribution in [0, 0.1) is 6.92 Å². The van der Waals surface area contributed by atoms with Crippen LogP contribution in [0.1, 0.15) is 28.8 Å². The molecule has 0 aliphatic rings. The Bertz CT molecular complexity index is 644. The molecule has 0 atom stereocenters. The minimum atomic E-state index is -0.329. The van der Waals surface area contributed by atoms with E-state index in [1.807, 2.05) is 19.1 Å². The number of carbonyl (C=O) groups is 1. The van der Waals surface area contributed by atoms with Gasteiger partial charge >= 0.3 is 0 Å². The van der Waals surface area contributed by atoms with Crippen molar-refractivity contribution < 1.29 is 13.9 Å². The Morgan fingerprint density at radius 3 is 2.65 bits per heavy atom. The van der Waals surface area contributed by atoms with Crippen LogP contribution in [0.25, 0.3) is 0 Å². The largest absolute Gasteiger partial charge is 0.496 e. The molecule has 1 N–H and O–H groups in total. The third-order valence-corrected chi connectivity index (χ3v) is 2.77. The van der Waals surface area contributed by atoms with E-state index in [2.05, 4.69) is 10.5 Å². The van der Waals surface area contributed by atoms with Gasteiger partial charge in [0.1, 0.15) is 23.0 Å². The SMILES string of the molecule is COc1ccccc1C(=O)N/N=C(/C)c1ccc(C)o1. The molecule has 0 bridgehead atoms. The molecule has 2 rings (SSSR count). The second-order valence-corrected chi connectivity index (χ2v) is 4.25. The number of hydrogen-bond donors (Lipinski definition) is 1. The third kappa shape index (κ3) is 3.06. The summed E-state index contributed by atoms with van der Waals surface area (Å²) >= 11 is 0. The molecule has 0 spiro atoms. The summed E-state index contributed by atoms with van der Waals surface area (Å²) in [5, 5.41) is 4.03. The Morgan fingerprint density at radius 2 is 2.00 bits per heavy atom. The normalized spacial score (nSPS) is 11.2. The molecule has 2 aromatic rings. The molecule has 104 valence electrons. The molecule has 1 amide bonds. The molecule has 0 saturated carbocycles. The number of ether oxygens (including phenoxy) is 1. The molecule has 5 heteroatoms. The van der Waals surface area contributed by atoms with Crippen molar-refractivity contribution in [3.8, 4) is 5.75 Å². The fourth-order valence-electron chi connectivity index (χ4n) is 1.71. The maximum absolute atomic E-state index is 12.0. The van der Waals surface area contributed by atoms with Crippen LogP contribution in [0.15, 0.2) is 45.9 Å². The standard InChI is InChI=1S/C15H16N2O3/c1-10-8-9-13(20-10)11(2)16-17-15(18)12-6-4-5-7-14(12)19-3/h4-9H,1-3H3,(H,17,18)/b16-11-. The number of amides is 1. The number of para-hydroxylation sites is 1. The van der Waals surface area contributed by atoms with E-state index in [1.165, 1.54) is 7.11 Å². The molecule has 0 aliphatic heterocycles. The van der Waals surface area contributed by atoms with Gasteiger partial charge in [0.15, 0.2) is 0 Å². The topological polar surface area (TPSA) is 63.8 Å². The molecular weight excluding hydrogens is 256 g/mol. The fraction of sp³-hybridized carbons (Fsp3) is 0.200. The number of aryl methyl sites for hydroxylation is 1. The number of nitrogens with one attached hydrogen (secondary N) is 1. The summed E-state index contributed by atoms with van der Waals surface area (Å²) in [6.07, 6.45) is 0. The van der Waals surface area contributed by atoms with Gasteiger partial charge in [-0.2, -0.15) is 5.10 Å². The molecule has 0 fully saturated rings. The van der Waals surface area contributed by atoms with Crippen molar-refractivity contribution in [2.24, 2.45) is 5.10 Å². The van der Waals surface area contributed by atoms with Gasteiger partial charge in [-0.1, -0.05) is 12.1 Å². The van der Waals surface area contributed by atoms with E-state index >= 15 is 0 Å². The zero-order valence-corrected chi connectivity index (χ0v) is 11.6. The lowest BCUT2D eigenvalue weighted by atomic mass is 10.2. The highest BCUT2D eigenvalue weighted by Crippen LogP contribution is 2.16. The monoisotopic (exact) mass is 272 g/mol. The van der Waals surface area contributed by atoms with Crippen molar-refractivity contribution in [1.29, 1.82) is 0 Å².